The molecule has 0 saturated heterocycles. The molecule has 0 aliphatic rings. The molecule has 0 aliphatic carbocycles. The fraction of sp³-hybridized carbons (Fsp3) is 0.571. The second-order valence-electron chi connectivity index (χ2n) is 5.08. The van der Waals surface area contributed by atoms with Gasteiger partial charge in [0.15, 0.2) is 0 Å². The van der Waals surface area contributed by atoms with Crippen LogP contribution in [0.4, 0.5) is 5.69 Å². The summed E-state index contributed by atoms with van der Waals surface area (Å²) in [6.45, 7) is 9.57. The smallest absolute Gasteiger partial charge is 0.270 e. The first-order valence-electron chi connectivity index (χ1n) is 6.55. The molecule has 106 valence electrons. The Morgan fingerprint density at radius 3 is 2.42 bits per heavy atom. The van der Waals surface area contributed by atoms with E-state index in [1.165, 1.54) is 5.56 Å². The molecule has 1 rings (SSSR count). The molecule has 1 N–H and O–H groups in total. The third kappa shape index (κ3) is 4.14. The zero-order valence-corrected chi connectivity index (χ0v) is 14.0. The van der Waals surface area contributed by atoms with E-state index in [-0.39, 0.29) is 10.6 Å². The number of nitrogens with one attached hydrogen (secondary N) is 1. The number of benzene rings is 1. The number of rotatable bonds is 6. The molecular formula is C14H21IN2O2. The van der Waals surface area contributed by atoms with Crippen molar-refractivity contribution in [1.29, 1.82) is 0 Å². The second-order valence-corrected chi connectivity index (χ2v) is 6.24. The first kappa shape index (κ1) is 16.4. The van der Waals surface area contributed by atoms with Gasteiger partial charge in [0.25, 0.3) is 5.69 Å². The van der Waals surface area contributed by atoms with E-state index in [2.05, 4.69) is 55.6 Å². The molecule has 0 radical (unpaired) electrons. The van der Waals surface area contributed by atoms with Gasteiger partial charge in [-0.25, -0.2) is 0 Å². The summed E-state index contributed by atoms with van der Waals surface area (Å²) in [5.74, 6) is 0.830. The minimum Gasteiger partial charge on any atom is -0.314 e. The molecule has 0 fully saturated rings. The monoisotopic (exact) mass is 376 g/mol. The quantitative estimate of drug-likeness (QED) is 0.465. The maximum Gasteiger partial charge on any atom is 0.270 e. The van der Waals surface area contributed by atoms with Gasteiger partial charge >= 0.3 is 0 Å². The van der Waals surface area contributed by atoms with Gasteiger partial charge in [-0.15, -0.1) is 0 Å². The molecule has 1 aromatic rings. The SMILES string of the molecule is CCNC(C)C(c1ccc([N+](=O)[O-])cc1I)C(C)C. The molecule has 5 heteroatoms. The van der Waals surface area contributed by atoms with Gasteiger partial charge in [-0.2, -0.15) is 0 Å². The van der Waals surface area contributed by atoms with E-state index < -0.39 is 0 Å². The molecule has 0 aromatic heterocycles. The summed E-state index contributed by atoms with van der Waals surface area (Å²) in [6, 6.07) is 5.51. The average Bonchev–Trinajstić information content (AvgIpc) is 2.31. The number of non-ortho nitro benzene ring substituents is 1. The minimum atomic E-state index is -0.343. The lowest BCUT2D eigenvalue weighted by Gasteiger charge is -2.29. The Hall–Kier alpha value is -0.690. The van der Waals surface area contributed by atoms with E-state index in [1.807, 2.05) is 6.07 Å². The van der Waals surface area contributed by atoms with E-state index >= 15 is 0 Å². The molecule has 0 amide bonds. The van der Waals surface area contributed by atoms with Crippen molar-refractivity contribution in [2.24, 2.45) is 5.92 Å². The number of nitro benzene ring substituents is 1. The molecule has 0 aliphatic heterocycles. The summed E-state index contributed by atoms with van der Waals surface area (Å²) in [5, 5.41) is 14.2. The zero-order valence-electron chi connectivity index (χ0n) is 11.8. The molecule has 0 bridgehead atoms. The Labute approximate surface area is 128 Å². The Balaban J connectivity index is 3.13. The van der Waals surface area contributed by atoms with Gasteiger partial charge in [-0.1, -0.05) is 26.8 Å². The van der Waals surface area contributed by atoms with Gasteiger partial charge in [-0.3, -0.25) is 10.1 Å². The van der Waals surface area contributed by atoms with Crippen molar-refractivity contribution < 1.29 is 4.92 Å². The van der Waals surface area contributed by atoms with Gasteiger partial charge < -0.3 is 5.32 Å². The highest BCUT2D eigenvalue weighted by molar-refractivity contribution is 14.1. The van der Waals surface area contributed by atoms with Gasteiger partial charge in [0.1, 0.15) is 0 Å². The Kier molecular flexibility index (Phi) is 6.19. The van der Waals surface area contributed by atoms with Crippen molar-refractivity contribution >= 4 is 28.3 Å². The van der Waals surface area contributed by atoms with Crippen LogP contribution in [-0.4, -0.2) is 17.5 Å². The Morgan fingerprint density at radius 2 is 2.00 bits per heavy atom. The highest BCUT2D eigenvalue weighted by Crippen LogP contribution is 2.33. The molecule has 2 atom stereocenters. The van der Waals surface area contributed by atoms with Crippen LogP contribution in [0.15, 0.2) is 18.2 Å². The van der Waals surface area contributed by atoms with Crippen LogP contribution in [0.5, 0.6) is 0 Å². The van der Waals surface area contributed by atoms with Crippen molar-refractivity contribution in [3.05, 3.63) is 37.4 Å². The van der Waals surface area contributed by atoms with Gasteiger partial charge in [-0.05, 0) is 47.5 Å². The normalized spacial score (nSPS) is 14.4. The highest BCUT2D eigenvalue weighted by atomic mass is 127. The van der Waals surface area contributed by atoms with Crippen molar-refractivity contribution in [3.63, 3.8) is 0 Å². The number of hydrogen-bond donors (Lipinski definition) is 1. The van der Waals surface area contributed by atoms with Crippen LogP contribution in [0, 0.1) is 19.6 Å². The Bertz CT molecular complexity index is 449. The van der Waals surface area contributed by atoms with Crippen LogP contribution in [0.1, 0.15) is 39.2 Å². The number of nitrogens with zero attached hydrogens (tertiary/aromatic N) is 1. The van der Waals surface area contributed by atoms with Gasteiger partial charge in [0.2, 0.25) is 0 Å². The topological polar surface area (TPSA) is 55.2 Å². The predicted octanol–water partition coefficient (Wildman–Crippen LogP) is 3.94. The van der Waals surface area contributed by atoms with Crippen LogP contribution in [0.3, 0.4) is 0 Å². The summed E-state index contributed by atoms with van der Waals surface area (Å²) in [7, 11) is 0. The molecule has 0 heterocycles. The molecule has 1 aromatic carbocycles. The molecule has 4 nitrogen and oxygen atoms in total. The predicted molar refractivity (Wildman–Crippen MR) is 86.5 cm³/mol. The maximum atomic E-state index is 10.8. The van der Waals surface area contributed by atoms with Gasteiger partial charge in [0.05, 0.1) is 4.92 Å². The summed E-state index contributed by atoms with van der Waals surface area (Å²) in [5.41, 5.74) is 1.35. The molecule has 2 unspecified atom stereocenters. The van der Waals surface area contributed by atoms with Crippen LogP contribution < -0.4 is 5.32 Å². The third-order valence-corrected chi connectivity index (χ3v) is 4.27. The number of likely N-dealkylation sites (N-methyl/N-ethyl adjacent to an activating group) is 1. The molecule has 0 saturated carbocycles. The highest BCUT2D eigenvalue weighted by Gasteiger charge is 2.25. The maximum absolute atomic E-state index is 10.8. The zero-order chi connectivity index (χ0) is 14.6. The van der Waals surface area contributed by atoms with Crippen molar-refractivity contribution in [3.8, 4) is 0 Å². The first-order chi connectivity index (χ1) is 8.88. The standard InChI is InChI=1S/C14H21IN2O2/c1-5-16-10(4)14(9(2)3)12-7-6-11(17(18)19)8-13(12)15/h6-10,14,16H,5H2,1-4H3. The van der Waals surface area contributed by atoms with Crippen molar-refractivity contribution in [2.45, 2.75) is 39.7 Å². The van der Waals surface area contributed by atoms with Crippen molar-refractivity contribution in [1.82, 2.24) is 5.32 Å². The molecular weight excluding hydrogens is 355 g/mol. The lowest BCUT2D eigenvalue weighted by molar-refractivity contribution is -0.385. The lowest BCUT2D eigenvalue weighted by atomic mass is 9.83. The minimum absolute atomic E-state index is 0.159. The van der Waals surface area contributed by atoms with E-state index in [0.29, 0.717) is 17.9 Å². The Morgan fingerprint density at radius 1 is 1.37 bits per heavy atom. The largest absolute Gasteiger partial charge is 0.314 e. The van der Waals surface area contributed by atoms with E-state index in [1.54, 1.807) is 12.1 Å². The number of halogens is 1. The fourth-order valence-electron chi connectivity index (χ4n) is 2.55. The van der Waals surface area contributed by atoms with Crippen LogP contribution >= 0.6 is 22.6 Å². The number of hydrogen-bond acceptors (Lipinski definition) is 3. The first-order valence-corrected chi connectivity index (χ1v) is 7.63. The fourth-order valence-corrected chi connectivity index (χ4v) is 3.41. The van der Waals surface area contributed by atoms with E-state index in [0.717, 1.165) is 10.1 Å². The van der Waals surface area contributed by atoms with Gasteiger partial charge in [0, 0.05) is 27.7 Å². The summed E-state index contributed by atoms with van der Waals surface area (Å²) in [6.07, 6.45) is 0. The van der Waals surface area contributed by atoms with Crippen LogP contribution in [-0.2, 0) is 0 Å². The number of nitro groups is 1. The molecule has 19 heavy (non-hydrogen) atoms. The lowest BCUT2D eigenvalue weighted by Crippen LogP contribution is -2.34. The summed E-state index contributed by atoms with van der Waals surface area (Å²) >= 11 is 2.20. The van der Waals surface area contributed by atoms with Crippen molar-refractivity contribution in [2.75, 3.05) is 6.54 Å². The van der Waals surface area contributed by atoms with E-state index in [4.69, 9.17) is 0 Å². The average molecular weight is 376 g/mol. The third-order valence-electron chi connectivity index (χ3n) is 3.34. The summed E-state index contributed by atoms with van der Waals surface area (Å²) < 4.78 is 0.968. The van der Waals surface area contributed by atoms with E-state index in [9.17, 15) is 10.1 Å². The van der Waals surface area contributed by atoms with Crippen LogP contribution in [0.25, 0.3) is 0 Å². The second kappa shape index (κ2) is 7.19. The molecule has 0 spiro atoms. The summed E-state index contributed by atoms with van der Waals surface area (Å²) in [4.78, 5) is 10.5. The van der Waals surface area contributed by atoms with Crippen LogP contribution in [0.2, 0.25) is 0 Å².